The molecule has 0 aromatic heterocycles. The van der Waals surface area contributed by atoms with E-state index in [9.17, 15) is 4.79 Å². The van der Waals surface area contributed by atoms with E-state index in [0.717, 1.165) is 4.47 Å². The molecular weight excluding hydrogens is 322 g/mol. The monoisotopic (exact) mass is 335 g/mol. The Labute approximate surface area is 125 Å². The number of rotatable bonds is 4. The van der Waals surface area contributed by atoms with Crippen molar-refractivity contribution < 1.29 is 9.53 Å². The first kappa shape index (κ1) is 14.4. The van der Waals surface area contributed by atoms with Crippen LogP contribution in [0.2, 0.25) is 0 Å². The number of anilines is 2. The number of nitrogens with one attached hydrogen (secondary N) is 2. The minimum atomic E-state index is -0.251. The predicted molar refractivity (Wildman–Crippen MR) is 82.9 cm³/mol. The average molecular weight is 336 g/mol. The number of nitrogen functional groups attached to an aromatic ring is 1. The quantitative estimate of drug-likeness (QED) is 0.593. The number of methoxy groups -OCH3 is 1. The maximum atomic E-state index is 12.2. The fourth-order valence-corrected chi connectivity index (χ4v) is 2.23. The lowest BCUT2D eigenvalue weighted by Gasteiger charge is -2.11. The first-order valence-corrected chi connectivity index (χ1v) is 6.65. The van der Waals surface area contributed by atoms with Crippen LogP contribution in [0, 0.1) is 0 Å². The fourth-order valence-electron chi connectivity index (χ4n) is 1.76. The van der Waals surface area contributed by atoms with Gasteiger partial charge in [-0.2, -0.15) is 0 Å². The number of carbonyl (C=O) groups is 1. The first-order valence-electron chi connectivity index (χ1n) is 5.85. The molecule has 6 heteroatoms. The number of nitrogens with two attached hydrogens (primary N) is 1. The van der Waals surface area contributed by atoms with Gasteiger partial charge in [-0.15, -0.1) is 0 Å². The summed E-state index contributed by atoms with van der Waals surface area (Å²) in [5, 5.41) is 2.80. The lowest BCUT2D eigenvalue weighted by atomic mass is 10.1. The lowest BCUT2D eigenvalue weighted by Crippen LogP contribution is -2.17. The number of hydrazine groups is 1. The normalized spacial score (nSPS) is 9.95. The van der Waals surface area contributed by atoms with Gasteiger partial charge in [-0.1, -0.05) is 28.1 Å². The van der Waals surface area contributed by atoms with Crippen LogP contribution >= 0.6 is 15.9 Å². The molecule has 5 nitrogen and oxygen atoms in total. The number of benzene rings is 2. The molecule has 20 heavy (non-hydrogen) atoms. The molecule has 0 fully saturated rings. The largest absolute Gasteiger partial charge is 0.497 e. The number of hydrogen-bond donors (Lipinski definition) is 3. The number of carbonyl (C=O) groups excluding carboxylic acids is 1. The summed E-state index contributed by atoms with van der Waals surface area (Å²) in [5.41, 5.74) is 4.16. The zero-order valence-corrected chi connectivity index (χ0v) is 12.4. The maximum Gasteiger partial charge on any atom is 0.257 e. The number of para-hydroxylation sites is 1. The highest BCUT2D eigenvalue weighted by atomic mass is 79.9. The van der Waals surface area contributed by atoms with Crippen molar-refractivity contribution >= 4 is 33.2 Å². The summed E-state index contributed by atoms with van der Waals surface area (Å²) in [6.07, 6.45) is 0. The summed E-state index contributed by atoms with van der Waals surface area (Å²) in [7, 11) is 1.57. The molecule has 0 saturated heterocycles. The highest BCUT2D eigenvalue weighted by Crippen LogP contribution is 2.25. The molecule has 4 N–H and O–H groups in total. The Morgan fingerprint density at radius 1 is 1.25 bits per heavy atom. The van der Waals surface area contributed by atoms with Crippen LogP contribution in [0.1, 0.15) is 10.4 Å². The summed E-state index contributed by atoms with van der Waals surface area (Å²) < 4.78 is 5.97. The molecule has 2 aromatic carbocycles. The number of amides is 1. The lowest BCUT2D eigenvalue weighted by molar-refractivity contribution is 0.102. The summed E-state index contributed by atoms with van der Waals surface area (Å²) in [6.45, 7) is 0. The van der Waals surface area contributed by atoms with E-state index >= 15 is 0 Å². The molecule has 2 aromatic rings. The molecule has 2 rings (SSSR count). The van der Waals surface area contributed by atoms with Gasteiger partial charge in [0.2, 0.25) is 0 Å². The van der Waals surface area contributed by atoms with Gasteiger partial charge in [-0.05, 0) is 24.3 Å². The van der Waals surface area contributed by atoms with Crippen molar-refractivity contribution in [2.45, 2.75) is 0 Å². The van der Waals surface area contributed by atoms with E-state index in [0.29, 0.717) is 22.7 Å². The summed E-state index contributed by atoms with van der Waals surface area (Å²) in [4.78, 5) is 12.2. The molecule has 0 heterocycles. The van der Waals surface area contributed by atoms with Crippen molar-refractivity contribution in [3.05, 3.63) is 52.5 Å². The minimum Gasteiger partial charge on any atom is -0.497 e. The fraction of sp³-hybridized carbons (Fsp3) is 0.0714. The maximum absolute atomic E-state index is 12.2. The zero-order chi connectivity index (χ0) is 14.5. The van der Waals surface area contributed by atoms with E-state index < -0.39 is 0 Å². The van der Waals surface area contributed by atoms with Gasteiger partial charge in [0.25, 0.3) is 5.91 Å². The molecular formula is C14H14BrN3O2. The van der Waals surface area contributed by atoms with Crippen LogP contribution in [-0.4, -0.2) is 13.0 Å². The van der Waals surface area contributed by atoms with Gasteiger partial charge in [0.05, 0.1) is 18.4 Å². The summed E-state index contributed by atoms with van der Waals surface area (Å²) >= 11 is 3.36. The average Bonchev–Trinajstić information content (AvgIpc) is 2.46. The molecule has 0 atom stereocenters. The van der Waals surface area contributed by atoms with Crippen molar-refractivity contribution in [1.29, 1.82) is 0 Å². The standard InChI is InChI=1S/C14H14BrN3O2/c1-20-11-7-9(15)6-10(8-11)17-14(19)12-4-2-3-5-13(12)18-16/h2-8,18H,16H2,1H3,(H,17,19). The van der Waals surface area contributed by atoms with Crippen LogP contribution in [0.5, 0.6) is 5.75 Å². The number of halogens is 1. The molecule has 0 bridgehead atoms. The molecule has 1 amide bonds. The Bertz CT molecular complexity index is 632. The number of hydrogen-bond acceptors (Lipinski definition) is 4. The van der Waals surface area contributed by atoms with Crippen LogP contribution in [0.3, 0.4) is 0 Å². The van der Waals surface area contributed by atoms with Crippen molar-refractivity contribution in [2.24, 2.45) is 5.84 Å². The molecule has 0 unspecified atom stereocenters. The van der Waals surface area contributed by atoms with E-state index in [-0.39, 0.29) is 5.91 Å². The second-order valence-electron chi connectivity index (χ2n) is 4.02. The molecule has 0 aliphatic rings. The van der Waals surface area contributed by atoms with Crippen LogP contribution < -0.4 is 21.3 Å². The Kier molecular flexibility index (Phi) is 4.60. The Morgan fingerprint density at radius 2 is 2.00 bits per heavy atom. The van der Waals surface area contributed by atoms with Crippen LogP contribution in [0.15, 0.2) is 46.9 Å². The Balaban J connectivity index is 2.25. The second-order valence-corrected chi connectivity index (χ2v) is 4.94. The van der Waals surface area contributed by atoms with Gasteiger partial charge >= 0.3 is 0 Å². The van der Waals surface area contributed by atoms with E-state index in [4.69, 9.17) is 10.6 Å². The van der Waals surface area contributed by atoms with E-state index in [1.54, 1.807) is 43.5 Å². The van der Waals surface area contributed by atoms with Gasteiger partial charge in [-0.25, -0.2) is 0 Å². The van der Waals surface area contributed by atoms with E-state index in [1.165, 1.54) is 0 Å². The van der Waals surface area contributed by atoms with E-state index in [2.05, 4.69) is 26.7 Å². The molecule has 104 valence electrons. The van der Waals surface area contributed by atoms with Crippen LogP contribution in [-0.2, 0) is 0 Å². The SMILES string of the molecule is COc1cc(Br)cc(NC(=O)c2ccccc2NN)c1. The third-order valence-electron chi connectivity index (χ3n) is 2.69. The molecule has 0 saturated carbocycles. The highest BCUT2D eigenvalue weighted by Gasteiger charge is 2.11. The van der Waals surface area contributed by atoms with Gasteiger partial charge < -0.3 is 15.5 Å². The highest BCUT2D eigenvalue weighted by molar-refractivity contribution is 9.10. The first-order chi connectivity index (χ1) is 9.63. The van der Waals surface area contributed by atoms with Crippen molar-refractivity contribution in [3.63, 3.8) is 0 Å². The zero-order valence-electron chi connectivity index (χ0n) is 10.8. The summed E-state index contributed by atoms with van der Waals surface area (Å²) in [6, 6.07) is 12.3. The van der Waals surface area contributed by atoms with Gasteiger partial charge in [-0.3, -0.25) is 10.6 Å². The smallest absolute Gasteiger partial charge is 0.257 e. The van der Waals surface area contributed by atoms with E-state index in [1.807, 2.05) is 6.07 Å². The van der Waals surface area contributed by atoms with Crippen LogP contribution in [0.25, 0.3) is 0 Å². The molecule has 0 aliphatic carbocycles. The summed E-state index contributed by atoms with van der Waals surface area (Å²) in [5.74, 6) is 5.80. The van der Waals surface area contributed by atoms with Crippen molar-refractivity contribution in [1.82, 2.24) is 0 Å². The van der Waals surface area contributed by atoms with Crippen molar-refractivity contribution in [3.8, 4) is 5.75 Å². The molecule has 0 aliphatic heterocycles. The minimum absolute atomic E-state index is 0.251. The van der Waals surface area contributed by atoms with Gasteiger partial charge in [0.1, 0.15) is 5.75 Å². The number of ether oxygens (including phenoxy) is 1. The molecule has 0 spiro atoms. The van der Waals surface area contributed by atoms with Gasteiger partial charge in [0.15, 0.2) is 0 Å². The third-order valence-corrected chi connectivity index (χ3v) is 3.15. The predicted octanol–water partition coefficient (Wildman–Crippen LogP) is 3.00. The topological polar surface area (TPSA) is 76.4 Å². The molecule has 0 radical (unpaired) electrons. The Hall–Kier alpha value is -2.05. The third kappa shape index (κ3) is 3.28. The van der Waals surface area contributed by atoms with Gasteiger partial charge in [0, 0.05) is 16.2 Å². The van der Waals surface area contributed by atoms with Crippen molar-refractivity contribution in [2.75, 3.05) is 17.9 Å². The van der Waals surface area contributed by atoms with Crippen LogP contribution in [0.4, 0.5) is 11.4 Å². The second kappa shape index (κ2) is 6.40. The Morgan fingerprint density at radius 3 is 2.70 bits per heavy atom.